The van der Waals surface area contributed by atoms with E-state index in [1.807, 2.05) is 0 Å². The Kier molecular flexibility index (Phi) is 6.38. The van der Waals surface area contributed by atoms with Crippen LogP contribution in [0.2, 0.25) is 5.02 Å². The standard InChI is InChI=1S/C11H16ClN3O3/c1-18-6-4-2-3-5-13-11-10(15(16)17)7-9(12)8-14-11/h7-8H,2-6H2,1H3,(H,13,14). The average molecular weight is 274 g/mol. The molecule has 18 heavy (non-hydrogen) atoms. The minimum absolute atomic E-state index is 0.0978. The van der Waals surface area contributed by atoms with Gasteiger partial charge in [0.15, 0.2) is 0 Å². The maximum Gasteiger partial charge on any atom is 0.312 e. The van der Waals surface area contributed by atoms with Gasteiger partial charge in [0.25, 0.3) is 0 Å². The van der Waals surface area contributed by atoms with Gasteiger partial charge >= 0.3 is 5.69 Å². The van der Waals surface area contributed by atoms with Gasteiger partial charge in [-0.2, -0.15) is 0 Å². The summed E-state index contributed by atoms with van der Waals surface area (Å²) in [6.07, 6.45) is 4.28. The number of halogens is 1. The van der Waals surface area contributed by atoms with Crippen molar-refractivity contribution in [3.8, 4) is 0 Å². The smallest absolute Gasteiger partial charge is 0.312 e. The summed E-state index contributed by atoms with van der Waals surface area (Å²) in [5, 5.41) is 14.0. The SMILES string of the molecule is COCCCCCNc1ncc(Cl)cc1[N+](=O)[O-]. The van der Waals surface area contributed by atoms with Gasteiger partial charge in [-0.05, 0) is 19.3 Å². The van der Waals surface area contributed by atoms with Gasteiger partial charge in [0, 0.05) is 32.5 Å². The molecule has 0 aliphatic rings. The number of nitrogens with zero attached hydrogens (tertiary/aromatic N) is 2. The second-order valence-electron chi connectivity index (χ2n) is 3.76. The zero-order valence-corrected chi connectivity index (χ0v) is 10.9. The van der Waals surface area contributed by atoms with Crippen molar-refractivity contribution in [2.45, 2.75) is 19.3 Å². The number of unbranched alkanes of at least 4 members (excludes halogenated alkanes) is 2. The Hall–Kier alpha value is -1.40. The van der Waals surface area contributed by atoms with Gasteiger partial charge in [-0.1, -0.05) is 11.6 Å². The maximum absolute atomic E-state index is 10.8. The summed E-state index contributed by atoms with van der Waals surface area (Å²) in [4.78, 5) is 14.2. The van der Waals surface area contributed by atoms with Crippen molar-refractivity contribution in [2.75, 3.05) is 25.6 Å². The normalized spacial score (nSPS) is 10.3. The first kappa shape index (κ1) is 14.7. The van der Waals surface area contributed by atoms with Crippen molar-refractivity contribution in [1.29, 1.82) is 0 Å². The van der Waals surface area contributed by atoms with Crippen LogP contribution in [0.15, 0.2) is 12.3 Å². The number of ether oxygens (including phenoxy) is 1. The molecule has 1 N–H and O–H groups in total. The minimum Gasteiger partial charge on any atom is -0.385 e. The van der Waals surface area contributed by atoms with Crippen LogP contribution < -0.4 is 5.32 Å². The quantitative estimate of drug-likeness (QED) is 0.448. The molecule has 1 heterocycles. The summed E-state index contributed by atoms with van der Waals surface area (Å²) in [6, 6.07) is 1.29. The van der Waals surface area contributed by atoms with Crippen LogP contribution in [0, 0.1) is 10.1 Å². The molecule has 0 saturated carbocycles. The van der Waals surface area contributed by atoms with Gasteiger partial charge < -0.3 is 10.1 Å². The highest BCUT2D eigenvalue weighted by molar-refractivity contribution is 6.30. The number of anilines is 1. The lowest BCUT2D eigenvalue weighted by Crippen LogP contribution is -2.06. The summed E-state index contributed by atoms with van der Waals surface area (Å²) in [5.74, 6) is 0.260. The number of pyridine rings is 1. The lowest BCUT2D eigenvalue weighted by Gasteiger charge is -2.06. The van der Waals surface area contributed by atoms with Gasteiger partial charge in [0.05, 0.1) is 9.95 Å². The Bertz CT molecular complexity index is 401. The third kappa shape index (κ3) is 4.85. The van der Waals surface area contributed by atoms with E-state index >= 15 is 0 Å². The van der Waals surface area contributed by atoms with E-state index in [4.69, 9.17) is 16.3 Å². The molecule has 0 bridgehead atoms. The molecule has 0 spiro atoms. The summed E-state index contributed by atoms with van der Waals surface area (Å²) >= 11 is 5.67. The molecule has 1 aromatic rings. The number of aromatic nitrogens is 1. The zero-order chi connectivity index (χ0) is 13.4. The van der Waals surface area contributed by atoms with Crippen LogP contribution in [0.4, 0.5) is 11.5 Å². The van der Waals surface area contributed by atoms with Crippen LogP contribution in [0.1, 0.15) is 19.3 Å². The molecule has 0 aliphatic carbocycles. The number of rotatable bonds is 8. The van der Waals surface area contributed by atoms with Crippen molar-refractivity contribution in [3.63, 3.8) is 0 Å². The van der Waals surface area contributed by atoms with Gasteiger partial charge in [-0.3, -0.25) is 10.1 Å². The third-order valence-electron chi connectivity index (χ3n) is 2.35. The number of methoxy groups -OCH3 is 1. The van der Waals surface area contributed by atoms with Crippen molar-refractivity contribution in [2.24, 2.45) is 0 Å². The lowest BCUT2D eigenvalue weighted by molar-refractivity contribution is -0.384. The van der Waals surface area contributed by atoms with Crippen LogP contribution >= 0.6 is 11.6 Å². The molecule has 0 aromatic carbocycles. The van der Waals surface area contributed by atoms with E-state index in [9.17, 15) is 10.1 Å². The van der Waals surface area contributed by atoms with E-state index in [0.717, 1.165) is 25.9 Å². The molecule has 1 aromatic heterocycles. The topological polar surface area (TPSA) is 77.3 Å². The fourth-order valence-electron chi connectivity index (χ4n) is 1.46. The first-order valence-electron chi connectivity index (χ1n) is 5.68. The third-order valence-corrected chi connectivity index (χ3v) is 2.56. The van der Waals surface area contributed by atoms with Gasteiger partial charge in [-0.15, -0.1) is 0 Å². The van der Waals surface area contributed by atoms with E-state index < -0.39 is 4.92 Å². The first-order valence-corrected chi connectivity index (χ1v) is 6.05. The Morgan fingerprint density at radius 1 is 1.50 bits per heavy atom. The molecular weight excluding hydrogens is 258 g/mol. The van der Waals surface area contributed by atoms with Crippen molar-refractivity contribution in [3.05, 3.63) is 27.4 Å². The highest BCUT2D eigenvalue weighted by Gasteiger charge is 2.15. The highest BCUT2D eigenvalue weighted by Crippen LogP contribution is 2.24. The van der Waals surface area contributed by atoms with Crippen LogP contribution in [0.25, 0.3) is 0 Å². The second-order valence-corrected chi connectivity index (χ2v) is 4.20. The number of hydrogen-bond acceptors (Lipinski definition) is 5. The molecule has 0 saturated heterocycles. The largest absolute Gasteiger partial charge is 0.385 e. The molecular formula is C11H16ClN3O3. The zero-order valence-electron chi connectivity index (χ0n) is 10.2. The van der Waals surface area contributed by atoms with Gasteiger partial charge in [-0.25, -0.2) is 4.98 Å². The Morgan fingerprint density at radius 3 is 2.94 bits per heavy atom. The Balaban J connectivity index is 2.44. The van der Waals surface area contributed by atoms with E-state index in [2.05, 4.69) is 10.3 Å². The molecule has 7 heteroatoms. The summed E-state index contributed by atoms with van der Waals surface area (Å²) in [7, 11) is 1.67. The molecule has 6 nitrogen and oxygen atoms in total. The van der Waals surface area contributed by atoms with Crippen LogP contribution in [0.5, 0.6) is 0 Å². The Morgan fingerprint density at radius 2 is 2.28 bits per heavy atom. The predicted molar refractivity (Wildman–Crippen MR) is 70.1 cm³/mol. The highest BCUT2D eigenvalue weighted by atomic mass is 35.5. The van der Waals surface area contributed by atoms with Crippen LogP contribution in [-0.4, -0.2) is 30.2 Å². The molecule has 0 aliphatic heterocycles. The number of nitrogens with one attached hydrogen (secondary N) is 1. The van der Waals surface area contributed by atoms with E-state index in [0.29, 0.717) is 6.54 Å². The summed E-state index contributed by atoms with van der Waals surface area (Å²) in [5.41, 5.74) is -0.0978. The molecule has 0 fully saturated rings. The van der Waals surface area contributed by atoms with Crippen molar-refractivity contribution < 1.29 is 9.66 Å². The number of nitro groups is 1. The van der Waals surface area contributed by atoms with E-state index in [1.165, 1.54) is 12.3 Å². The van der Waals surface area contributed by atoms with Crippen molar-refractivity contribution in [1.82, 2.24) is 4.98 Å². The summed E-state index contributed by atoms with van der Waals surface area (Å²) in [6.45, 7) is 1.37. The van der Waals surface area contributed by atoms with Crippen LogP contribution in [-0.2, 0) is 4.74 Å². The number of hydrogen-bond donors (Lipinski definition) is 1. The molecule has 0 unspecified atom stereocenters. The minimum atomic E-state index is -0.494. The van der Waals surface area contributed by atoms with E-state index in [-0.39, 0.29) is 16.5 Å². The van der Waals surface area contributed by atoms with Crippen molar-refractivity contribution >= 4 is 23.1 Å². The van der Waals surface area contributed by atoms with Gasteiger partial charge in [0.2, 0.25) is 5.82 Å². The fourth-order valence-corrected chi connectivity index (χ4v) is 1.61. The van der Waals surface area contributed by atoms with Gasteiger partial charge in [0.1, 0.15) is 0 Å². The average Bonchev–Trinajstić information content (AvgIpc) is 2.35. The molecule has 0 radical (unpaired) electrons. The monoisotopic (exact) mass is 273 g/mol. The first-order chi connectivity index (χ1) is 8.65. The summed E-state index contributed by atoms with van der Waals surface area (Å²) < 4.78 is 4.93. The van der Waals surface area contributed by atoms with E-state index in [1.54, 1.807) is 7.11 Å². The predicted octanol–water partition coefficient (Wildman–Crippen LogP) is 2.87. The maximum atomic E-state index is 10.8. The molecule has 1 rings (SSSR count). The second kappa shape index (κ2) is 7.84. The lowest BCUT2D eigenvalue weighted by atomic mass is 10.2. The fraction of sp³-hybridized carbons (Fsp3) is 0.545. The van der Waals surface area contributed by atoms with Crippen LogP contribution in [0.3, 0.4) is 0 Å². The molecule has 0 atom stereocenters. The molecule has 0 amide bonds. The molecule has 100 valence electrons. The Labute approximate surface area is 110 Å².